The summed E-state index contributed by atoms with van der Waals surface area (Å²) in [5.41, 5.74) is 0.591. The van der Waals surface area contributed by atoms with Gasteiger partial charge in [0, 0.05) is 11.5 Å². The number of hydrogen-bond acceptors (Lipinski definition) is 5. The maximum absolute atomic E-state index is 12.3. The molecule has 3 rings (SSSR count). The molecule has 5 nitrogen and oxygen atoms in total. The molecule has 0 unspecified atom stereocenters. The first-order chi connectivity index (χ1) is 11.8. The second kappa shape index (κ2) is 8.24. The molecule has 1 aliphatic rings. The van der Waals surface area contributed by atoms with Crippen LogP contribution in [0.25, 0.3) is 0 Å². The average molecular weight is 345 g/mol. The summed E-state index contributed by atoms with van der Waals surface area (Å²) in [6, 6.07) is 7.17. The van der Waals surface area contributed by atoms with Gasteiger partial charge in [0.1, 0.15) is 10.8 Å². The zero-order chi connectivity index (χ0) is 16.8. The van der Waals surface area contributed by atoms with Gasteiger partial charge in [-0.25, -0.2) is 0 Å². The summed E-state index contributed by atoms with van der Waals surface area (Å²) in [6.45, 7) is 2.74. The van der Waals surface area contributed by atoms with Crippen LogP contribution >= 0.6 is 11.3 Å². The van der Waals surface area contributed by atoms with Crippen LogP contribution in [0.4, 0.5) is 5.13 Å². The Kier molecular flexibility index (Phi) is 5.80. The summed E-state index contributed by atoms with van der Waals surface area (Å²) in [4.78, 5) is 12.3. The van der Waals surface area contributed by atoms with E-state index < -0.39 is 0 Å². The minimum absolute atomic E-state index is 0.164. The number of hydrogen-bond donors (Lipinski definition) is 1. The Hall–Kier alpha value is -1.95. The Balaban J connectivity index is 1.59. The molecule has 1 heterocycles. The van der Waals surface area contributed by atoms with Crippen LogP contribution in [0.3, 0.4) is 0 Å². The summed E-state index contributed by atoms with van der Waals surface area (Å²) in [6.07, 6.45) is 7.17. The van der Waals surface area contributed by atoms with Crippen LogP contribution in [-0.2, 0) is 0 Å². The molecule has 6 heteroatoms. The number of benzene rings is 1. The number of amides is 1. The van der Waals surface area contributed by atoms with E-state index in [1.807, 2.05) is 12.1 Å². The van der Waals surface area contributed by atoms with Crippen LogP contribution in [0.1, 0.15) is 66.7 Å². The van der Waals surface area contributed by atoms with E-state index in [2.05, 4.69) is 22.4 Å². The quantitative estimate of drug-likeness (QED) is 0.829. The minimum Gasteiger partial charge on any atom is -0.494 e. The van der Waals surface area contributed by atoms with E-state index in [-0.39, 0.29) is 5.91 Å². The van der Waals surface area contributed by atoms with Crippen molar-refractivity contribution in [3.8, 4) is 5.75 Å². The fourth-order valence-corrected chi connectivity index (χ4v) is 3.80. The second-order valence-corrected chi connectivity index (χ2v) is 7.12. The van der Waals surface area contributed by atoms with Crippen LogP contribution < -0.4 is 10.1 Å². The highest BCUT2D eigenvalue weighted by atomic mass is 32.1. The lowest BCUT2D eigenvalue weighted by Crippen LogP contribution is -2.11. The first kappa shape index (κ1) is 16.9. The van der Waals surface area contributed by atoms with Gasteiger partial charge < -0.3 is 4.74 Å². The van der Waals surface area contributed by atoms with Crippen molar-refractivity contribution in [2.45, 2.75) is 51.4 Å². The number of anilines is 1. The molecule has 1 aliphatic carbocycles. The lowest BCUT2D eigenvalue weighted by atomic mass is 9.90. The van der Waals surface area contributed by atoms with E-state index in [4.69, 9.17) is 4.74 Å². The van der Waals surface area contributed by atoms with E-state index in [9.17, 15) is 4.79 Å². The highest BCUT2D eigenvalue weighted by Gasteiger charge is 2.20. The zero-order valence-corrected chi connectivity index (χ0v) is 14.8. The van der Waals surface area contributed by atoms with Crippen LogP contribution in [0.15, 0.2) is 24.3 Å². The number of carbonyl (C=O) groups excluding carboxylic acids is 1. The van der Waals surface area contributed by atoms with Gasteiger partial charge in [-0.2, -0.15) is 0 Å². The first-order valence-corrected chi connectivity index (χ1v) is 9.45. The highest BCUT2D eigenvalue weighted by Crippen LogP contribution is 2.35. The Morgan fingerprint density at radius 1 is 1.21 bits per heavy atom. The van der Waals surface area contributed by atoms with E-state index in [1.54, 1.807) is 12.1 Å². The fourth-order valence-electron chi connectivity index (χ4n) is 2.89. The Bertz CT molecular complexity index is 663. The molecule has 1 aromatic carbocycles. The van der Waals surface area contributed by atoms with Crippen molar-refractivity contribution in [2.24, 2.45) is 0 Å². The molecule has 0 atom stereocenters. The first-order valence-electron chi connectivity index (χ1n) is 8.64. The number of nitrogens with zero attached hydrogens (tertiary/aromatic N) is 2. The molecule has 1 saturated carbocycles. The smallest absolute Gasteiger partial charge is 0.257 e. The Morgan fingerprint density at radius 2 is 1.96 bits per heavy atom. The molecule has 1 aromatic heterocycles. The lowest BCUT2D eigenvalue weighted by molar-refractivity contribution is 0.102. The SMILES string of the molecule is CCCOc1ccc(C(=O)Nc2nnc(C3CCCCC3)s2)cc1. The number of ether oxygens (including phenoxy) is 1. The van der Waals surface area contributed by atoms with Crippen LogP contribution in [-0.4, -0.2) is 22.7 Å². The van der Waals surface area contributed by atoms with E-state index in [0.29, 0.717) is 23.2 Å². The number of nitrogens with one attached hydrogen (secondary N) is 1. The molecule has 1 amide bonds. The predicted molar refractivity (Wildman–Crippen MR) is 95.9 cm³/mol. The van der Waals surface area contributed by atoms with Crippen molar-refractivity contribution < 1.29 is 9.53 Å². The van der Waals surface area contributed by atoms with Gasteiger partial charge in [0.25, 0.3) is 5.91 Å². The summed E-state index contributed by atoms with van der Waals surface area (Å²) in [5.74, 6) is 1.13. The minimum atomic E-state index is -0.164. The van der Waals surface area contributed by atoms with E-state index in [1.165, 1.54) is 43.4 Å². The molecule has 0 radical (unpaired) electrons. The standard InChI is InChI=1S/C18H23N3O2S/c1-2-12-23-15-10-8-13(9-11-15)16(22)19-18-21-20-17(24-18)14-6-4-3-5-7-14/h8-11,14H,2-7,12H2,1H3,(H,19,21,22). The number of aromatic nitrogens is 2. The highest BCUT2D eigenvalue weighted by molar-refractivity contribution is 7.15. The molecule has 1 N–H and O–H groups in total. The normalized spacial score (nSPS) is 15.2. The summed E-state index contributed by atoms with van der Waals surface area (Å²) in [7, 11) is 0. The van der Waals surface area contributed by atoms with E-state index in [0.717, 1.165) is 17.2 Å². The number of rotatable bonds is 6. The maximum atomic E-state index is 12.3. The van der Waals surface area contributed by atoms with E-state index >= 15 is 0 Å². The summed E-state index contributed by atoms with van der Waals surface area (Å²) < 4.78 is 5.53. The molecule has 128 valence electrons. The molecular weight excluding hydrogens is 322 g/mol. The van der Waals surface area contributed by atoms with Gasteiger partial charge in [0.2, 0.25) is 5.13 Å². The van der Waals surface area contributed by atoms with Crippen molar-refractivity contribution >= 4 is 22.4 Å². The molecule has 2 aromatic rings. The molecule has 0 saturated heterocycles. The average Bonchev–Trinajstić information content (AvgIpc) is 3.09. The van der Waals surface area contributed by atoms with Crippen LogP contribution in [0, 0.1) is 0 Å². The van der Waals surface area contributed by atoms with Crippen LogP contribution in [0.2, 0.25) is 0 Å². The molecule has 0 aliphatic heterocycles. The maximum Gasteiger partial charge on any atom is 0.257 e. The predicted octanol–water partition coefficient (Wildman–Crippen LogP) is 4.63. The third kappa shape index (κ3) is 4.32. The van der Waals surface area contributed by atoms with Crippen molar-refractivity contribution in [3.63, 3.8) is 0 Å². The zero-order valence-electron chi connectivity index (χ0n) is 14.0. The monoisotopic (exact) mass is 345 g/mol. The lowest BCUT2D eigenvalue weighted by Gasteiger charge is -2.18. The summed E-state index contributed by atoms with van der Waals surface area (Å²) >= 11 is 1.50. The van der Waals surface area contributed by atoms with Gasteiger partial charge in [-0.05, 0) is 43.5 Å². The molecule has 1 fully saturated rings. The van der Waals surface area contributed by atoms with Gasteiger partial charge in [-0.15, -0.1) is 10.2 Å². The summed E-state index contributed by atoms with van der Waals surface area (Å²) in [5, 5.41) is 12.9. The Labute approximate surface area is 146 Å². The molecular formula is C18H23N3O2S. The van der Waals surface area contributed by atoms with Gasteiger partial charge in [0.05, 0.1) is 6.61 Å². The Morgan fingerprint density at radius 3 is 2.67 bits per heavy atom. The fraction of sp³-hybridized carbons (Fsp3) is 0.500. The second-order valence-electron chi connectivity index (χ2n) is 6.11. The van der Waals surface area contributed by atoms with Gasteiger partial charge >= 0.3 is 0 Å². The van der Waals surface area contributed by atoms with Crippen molar-refractivity contribution in [2.75, 3.05) is 11.9 Å². The van der Waals surface area contributed by atoms with Crippen molar-refractivity contribution in [1.29, 1.82) is 0 Å². The topological polar surface area (TPSA) is 64.1 Å². The third-order valence-corrected chi connectivity index (χ3v) is 5.21. The van der Waals surface area contributed by atoms with Crippen molar-refractivity contribution in [1.82, 2.24) is 10.2 Å². The van der Waals surface area contributed by atoms with Gasteiger partial charge in [-0.3, -0.25) is 10.1 Å². The molecule has 24 heavy (non-hydrogen) atoms. The largest absolute Gasteiger partial charge is 0.494 e. The third-order valence-electron chi connectivity index (χ3n) is 4.20. The molecule has 0 bridgehead atoms. The van der Waals surface area contributed by atoms with Crippen molar-refractivity contribution in [3.05, 3.63) is 34.8 Å². The van der Waals surface area contributed by atoms with Gasteiger partial charge in [0.15, 0.2) is 0 Å². The van der Waals surface area contributed by atoms with Gasteiger partial charge in [-0.1, -0.05) is 37.5 Å². The molecule has 0 spiro atoms. The number of carbonyl (C=O) groups is 1. The van der Waals surface area contributed by atoms with Crippen LogP contribution in [0.5, 0.6) is 5.75 Å².